The molecule has 0 bridgehead atoms. The molecule has 1 fully saturated rings. The molecule has 0 radical (unpaired) electrons. The molecule has 1 aromatic heterocycles. The highest BCUT2D eigenvalue weighted by atomic mass is 16.5. The summed E-state index contributed by atoms with van der Waals surface area (Å²) in [4.78, 5) is 22.4. The van der Waals surface area contributed by atoms with Crippen LogP contribution >= 0.6 is 0 Å². The van der Waals surface area contributed by atoms with Crippen molar-refractivity contribution >= 4 is 11.9 Å². The number of carbonyl (C=O) groups is 1. The molecule has 27 heavy (non-hydrogen) atoms. The number of guanidine groups is 1. The molecule has 1 aliphatic heterocycles. The summed E-state index contributed by atoms with van der Waals surface area (Å²) in [6.07, 6.45) is 2.76. The number of hydrogen-bond donors (Lipinski definition) is 2. The molecule has 7 heteroatoms. The lowest BCUT2D eigenvalue weighted by Crippen LogP contribution is -2.40. The van der Waals surface area contributed by atoms with Gasteiger partial charge in [0.15, 0.2) is 5.96 Å². The van der Waals surface area contributed by atoms with E-state index in [0.717, 1.165) is 31.0 Å². The molecule has 2 N–H and O–H groups in total. The molecule has 1 atom stereocenters. The van der Waals surface area contributed by atoms with Gasteiger partial charge in [0.25, 0.3) is 5.91 Å². The number of nitrogens with one attached hydrogen (secondary N) is 2. The van der Waals surface area contributed by atoms with Crippen molar-refractivity contribution < 1.29 is 9.53 Å². The van der Waals surface area contributed by atoms with Crippen LogP contribution in [0.5, 0.6) is 5.88 Å². The standard InChI is InChI=1S/C20H25N5O2/c1-21-19(26)16-8-6-15(7-9-16)13-24-20(22-2)25-12-10-17(14-25)27-18-5-3-4-11-23-18/h3-9,11,17H,10,12-14H2,1-2H3,(H,21,26)(H,22,24). The minimum Gasteiger partial charge on any atom is -0.472 e. The number of pyridine rings is 1. The van der Waals surface area contributed by atoms with Crippen LogP contribution in [0.2, 0.25) is 0 Å². The van der Waals surface area contributed by atoms with E-state index in [1.165, 1.54) is 0 Å². The molecule has 1 amide bonds. The van der Waals surface area contributed by atoms with E-state index in [4.69, 9.17) is 4.74 Å². The number of benzene rings is 1. The van der Waals surface area contributed by atoms with Gasteiger partial charge in [-0.2, -0.15) is 0 Å². The minimum absolute atomic E-state index is 0.0821. The number of rotatable bonds is 5. The van der Waals surface area contributed by atoms with Crippen LogP contribution in [-0.4, -0.2) is 55.0 Å². The second kappa shape index (κ2) is 9.02. The molecular weight excluding hydrogens is 342 g/mol. The van der Waals surface area contributed by atoms with E-state index in [0.29, 0.717) is 18.0 Å². The first-order chi connectivity index (χ1) is 13.2. The summed E-state index contributed by atoms with van der Waals surface area (Å²) in [5.41, 5.74) is 1.74. The largest absolute Gasteiger partial charge is 0.472 e. The summed E-state index contributed by atoms with van der Waals surface area (Å²) in [7, 11) is 3.41. The lowest BCUT2D eigenvalue weighted by atomic mass is 10.1. The Labute approximate surface area is 159 Å². The molecule has 3 rings (SSSR count). The smallest absolute Gasteiger partial charge is 0.251 e. The topological polar surface area (TPSA) is 78.9 Å². The lowest BCUT2D eigenvalue weighted by molar-refractivity contribution is 0.0963. The summed E-state index contributed by atoms with van der Waals surface area (Å²) < 4.78 is 5.94. The molecule has 142 valence electrons. The van der Waals surface area contributed by atoms with Crippen LogP contribution in [0, 0.1) is 0 Å². The second-order valence-electron chi connectivity index (χ2n) is 6.32. The fraction of sp³-hybridized carbons (Fsp3) is 0.350. The van der Waals surface area contributed by atoms with Crippen LogP contribution in [0.25, 0.3) is 0 Å². The highest BCUT2D eigenvalue weighted by molar-refractivity contribution is 5.93. The van der Waals surface area contributed by atoms with Gasteiger partial charge in [-0.25, -0.2) is 4.98 Å². The van der Waals surface area contributed by atoms with Gasteiger partial charge in [-0.05, 0) is 23.8 Å². The zero-order chi connectivity index (χ0) is 19.1. The monoisotopic (exact) mass is 367 g/mol. The van der Waals surface area contributed by atoms with Crippen molar-refractivity contribution in [2.24, 2.45) is 4.99 Å². The maximum Gasteiger partial charge on any atom is 0.251 e. The molecule has 2 aromatic rings. The zero-order valence-electron chi connectivity index (χ0n) is 15.7. The van der Waals surface area contributed by atoms with Crippen molar-refractivity contribution in [3.05, 3.63) is 59.8 Å². The third-order valence-electron chi connectivity index (χ3n) is 4.48. The average molecular weight is 367 g/mol. The van der Waals surface area contributed by atoms with E-state index in [1.807, 2.05) is 42.5 Å². The van der Waals surface area contributed by atoms with Gasteiger partial charge < -0.3 is 20.3 Å². The molecule has 0 spiro atoms. The molecule has 7 nitrogen and oxygen atoms in total. The third-order valence-corrected chi connectivity index (χ3v) is 4.48. The van der Waals surface area contributed by atoms with Gasteiger partial charge in [-0.1, -0.05) is 18.2 Å². The molecule has 0 aliphatic carbocycles. The van der Waals surface area contributed by atoms with Crippen LogP contribution < -0.4 is 15.4 Å². The Kier molecular flexibility index (Phi) is 6.25. The van der Waals surface area contributed by atoms with Gasteiger partial charge in [0.1, 0.15) is 6.10 Å². The van der Waals surface area contributed by atoms with E-state index in [1.54, 1.807) is 20.3 Å². The molecule has 1 saturated heterocycles. The fourth-order valence-corrected chi connectivity index (χ4v) is 3.04. The Morgan fingerprint density at radius 2 is 2.11 bits per heavy atom. The number of likely N-dealkylation sites (tertiary alicyclic amines) is 1. The molecule has 2 heterocycles. The van der Waals surface area contributed by atoms with Crippen molar-refractivity contribution in [3.63, 3.8) is 0 Å². The van der Waals surface area contributed by atoms with Crippen LogP contribution in [0.1, 0.15) is 22.3 Å². The van der Waals surface area contributed by atoms with Crippen LogP contribution in [0.3, 0.4) is 0 Å². The van der Waals surface area contributed by atoms with Gasteiger partial charge >= 0.3 is 0 Å². The summed E-state index contributed by atoms with van der Waals surface area (Å²) in [5, 5.41) is 6.00. The van der Waals surface area contributed by atoms with Crippen LogP contribution in [0.4, 0.5) is 0 Å². The van der Waals surface area contributed by atoms with Crippen molar-refractivity contribution in [2.45, 2.75) is 19.1 Å². The average Bonchev–Trinajstić information content (AvgIpc) is 3.17. The summed E-state index contributed by atoms with van der Waals surface area (Å²) >= 11 is 0. The normalized spacial score (nSPS) is 16.9. The summed E-state index contributed by atoms with van der Waals surface area (Å²) in [6, 6.07) is 13.2. The van der Waals surface area contributed by atoms with Crippen molar-refractivity contribution in [1.29, 1.82) is 0 Å². The van der Waals surface area contributed by atoms with Gasteiger partial charge in [0, 0.05) is 51.4 Å². The lowest BCUT2D eigenvalue weighted by Gasteiger charge is -2.21. The Bertz CT molecular complexity index is 777. The maximum atomic E-state index is 11.6. The van der Waals surface area contributed by atoms with Crippen molar-refractivity contribution in [2.75, 3.05) is 27.2 Å². The molecular formula is C20H25N5O2. The number of aromatic nitrogens is 1. The number of nitrogens with zero attached hydrogens (tertiary/aromatic N) is 3. The Morgan fingerprint density at radius 3 is 2.78 bits per heavy atom. The second-order valence-corrected chi connectivity index (χ2v) is 6.32. The van der Waals surface area contributed by atoms with Gasteiger partial charge in [0.2, 0.25) is 5.88 Å². The first-order valence-electron chi connectivity index (χ1n) is 9.04. The van der Waals surface area contributed by atoms with E-state index in [9.17, 15) is 4.79 Å². The molecule has 0 saturated carbocycles. The van der Waals surface area contributed by atoms with Crippen molar-refractivity contribution in [3.8, 4) is 5.88 Å². The minimum atomic E-state index is -0.0821. The zero-order valence-corrected chi connectivity index (χ0v) is 15.7. The number of ether oxygens (including phenoxy) is 1. The maximum absolute atomic E-state index is 11.6. The molecule has 1 unspecified atom stereocenters. The first-order valence-corrected chi connectivity index (χ1v) is 9.04. The Hall–Kier alpha value is -3.09. The van der Waals surface area contributed by atoms with Crippen LogP contribution in [-0.2, 0) is 6.54 Å². The molecule has 1 aliphatic rings. The van der Waals surface area contributed by atoms with Crippen molar-refractivity contribution in [1.82, 2.24) is 20.5 Å². The molecule has 1 aromatic carbocycles. The van der Waals surface area contributed by atoms with Gasteiger partial charge in [-0.15, -0.1) is 0 Å². The van der Waals surface area contributed by atoms with E-state index in [2.05, 4.69) is 25.5 Å². The van der Waals surface area contributed by atoms with Crippen LogP contribution in [0.15, 0.2) is 53.7 Å². The van der Waals surface area contributed by atoms with Gasteiger partial charge in [0.05, 0.1) is 6.54 Å². The number of hydrogen-bond acceptors (Lipinski definition) is 4. The quantitative estimate of drug-likeness (QED) is 0.621. The highest BCUT2D eigenvalue weighted by Gasteiger charge is 2.26. The number of carbonyl (C=O) groups excluding carboxylic acids is 1. The number of aliphatic imine (C=N–C) groups is 1. The van der Waals surface area contributed by atoms with E-state index >= 15 is 0 Å². The predicted octanol–water partition coefficient (Wildman–Crippen LogP) is 1.67. The SMILES string of the molecule is CN=C(NCc1ccc(C(=O)NC)cc1)N1CCC(Oc2ccccn2)C1. The summed E-state index contributed by atoms with van der Waals surface area (Å²) in [5.74, 6) is 1.42. The fourth-order valence-electron chi connectivity index (χ4n) is 3.04. The van der Waals surface area contributed by atoms with E-state index < -0.39 is 0 Å². The van der Waals surface area contributed by atoms with Gasteiger partial charge in [-0.3, -0.25) is 9.79 Å². The highest BCUT2D eigenvalue weighted by Crippen LogP contribution is 2.16. The summed E-state index contributed by atoms with van der Waals surface area (Å²) in [6.45, 7) is 2.29. The predicted molar refractivity (Wildman–Crippen MR) is 105 cm³/mol. The Morgan fingerprint density at radius 1 is 1.30 bits per heavy atom. The first kappa shape index (κ1) is 18.7. The third kappa shape index (κ3) is 4.97. The van der Waals surface area contributed by atoms with E-state index in [-0.39, 0.29) is 12.0 Å². The Balaban J connectivity index is 1.51. The number of amides is 1.